The van der Waals surface area contributed by atoms with Gasteiger partial charge in [0.15, 0.2) is 0 Å². The summed E-state index contributed by atoms with van der Waals surface area (Å²) >= 11 is 0. The number of hydrogen-bond donors (Lipinski definition) is 1. The van der Waals surface area contributed by atoms with Crippen LogP contribution in [0.25, 0.3) is 0 Å². The highest BCUT2D eigenvalue weighted by atomic mass is 15.1. The van der Waals surface area contributed by atoms with Gasteiger partial charge in [-0.05, 0) is 43.6 Å². The Morgan fingerprint density at radius 2 is 1.93 bits per heavy atom. The van der Waals surface area contributed by atoms with Crippen LogP contribution in [0, 0.1) is 11.8 Å². The molecule has 0 amide bonds. The summed E-state index contributed by atoms with van der Waals surface area (Å²) in [5.41, 5.74) is 0. The lowest BCUT2D eigenvalue weighted by Gasteiger charge is -2.22. The van der Waals surface area contributed by atoms with Gasteiger partial charge >= 0.3 is 0 Å². The SMILES string of the molecule is c1cnc(NC2CCC3CC3C2)nc1. The fourth-order valence-electron chi connectivity index (χ4n) is 2.54. The second kappa shape index (κ2) is 3.23. The molecule has 3 atom stereocenters. The van der Waals surface area contributed by atoms with Crippen LogP contribution < -0.4 is 5.32 Å². The molecular weight excluding hydrogens is 174 g/mol. The molecular formula is C11H15N3. The summed E-state index contributed by atoms with van der Waals surface area (Å²) < 4.78 is 0. The van der Waals surface area contributed by atoms with Crippen molar-refractivity contribution in [2.45, 2.75) is 31.7 Å². The fourth-order valence-corrected chi connectivity index (χ4v) is 2.54. The molecule has 1 aromatic heterocycles. The molecule has 3 unspecified atom stereocenters. The van der Waals surface area contributed by atoms with E-state index in [-0.39, 0.29) is 0 Å². The van der Waals surface area contributed by atoms with Crippen molar-refractivity contribution >= 4 is 5.95 Å². The van der Waals surface area contributed by atoms with Gasteiger partial charge in [-0.2, -0.15) is 0 Å². The Morgan fingerprint density at radius 3 is 2.71 bits per heavy atom. The van der Waals surface area contributed by atoms with Crippen molar-refractivity contribution in [3.63, 3.8) is 0 Å². The maximum Gasteiger partial charge on any atom is 0.222 e. The van der Waals surface area contributed by atoms with E-state index < -0.39 is 0 Å². The van der Waals surface area contributed by atoms with Crippen molar-refractivity contribution in [1.29, 1.82) is 0 Å². The Labute approximate surface area is 84.0 Å². The van der Waals surface area contributed by atoms with Gasteiger partial charge < -0.3 is 5.32 Å². The number of rotatable bonds is 2. The highest BCUT2D eigenvalue weighted by Crippen LogP contribution is 2.49. The van der Waals surface area contributed by atoms with Gasteiger partial charge in [0.2, 0.25) is 5.95 Å². The van der Waals surface area contributed by atoms with Crippen LogP contribution in [0.1, 0.15) is 25.7 Å². The molecule has 0 spiro atoms. The van der Waals surface area contributed by atoms with Crippen molar-refractivity contribution in [3.05, 3.63) is 18.5 Å². The van der Waals surface area contributed by atoms with E-state index in [1.165, 1.54) is 25.7 Å². The van der Waals surface area contributed by atoms with Crippen molar-refractivity contribution < 1.29 is 0 Å². The van der Waals surface area contributed by atoms with Crippen molar-refractivity contribution in [1.82, 2.24) is 9.97 Å². The quantitative estimate of drug-likeness (QED) is 0.774. The number of hydrogen-bond acceptors (Lipinski definition) is 3. The summed E-state index contributed by atoms with van der Waals surface area (Å²) in [6.45, 7) is 0. The summed E-state index contributed by atoms with van der Waals surface area (Å²) in [5.74, 6) is 2.85. The van der Waals surface area contributed by atoms with Crippen molar-refractivity contribution in [2.75, 3.05) is 5.32 Å². The normalized spacial score (nSPS) is 34.7. The number of aromatic nitrogens is 2. The highest BCUT2D eigenvalue weighted by Gasteiger charge is 2.41. The van der Waals surface area contributed by atoms with Crippen LogP contribution in [0.2, 0.25) is 0 Å². The Bertz CT molecular complexity index is 312. The average molecular weight is 189 g/mol. The third-order valence-electron chi connectivity index (χ3n) is 3.44. The fraction of sp³-hybridized carbons (Fsp3) is 0.636. The van der Waals surface area contributed by atoms with Gasteiger partial charge in [-0.1, -0.05) is 0 Å². The first-order valence-corrected chi connectivity index (χ1v) is 5.45. The molecule has 1 heterocycles. The van der Waals surface area contributed by atoms with Crippen LogP contribution in [0.3, 0.4) is 0 Å². The molecule has 0 bridgehead atoms. The zero-order valence-electron chi connectivity index (χ0n) is 8.19. The summed E-state index contributed by atoms with van der Waals surface area (Å²) in [7, 11) is 0. The van der Waals surface area contributed by atoms with Crippen molar-refractivity contribution in [2.24, 2.45) is 11.8 Å². The Morgan fingerprint density at radius 1 is 1.07 bits per heavy atom. The van der Waals surface area contributed by atoms with E-state index >= 15 is 0 Å². The Kier molecular flexibility index (Phi) is 1.89. The van der Waals surface area contributed by atoms with Gasteiger partial charge in [0.1, 0.15) is 0 Å². The number of nitrogens with one attached hydrogen (secondary N) is 1. The first-order valence-electron chi connectivity index (χ1n) is 5.45. The lowest BCUT2D eigenvalue weighted by Crippen LogP contribution is -2.24. The van der Waals surface area contributed by atoms with Gasteiger partial charge in [0.25, 0.3) is 0 Å². The highest BCUT2D eigenvalue weighted by molar-refractivity contribution is 5.25. The monoisotopic (exact) mass is 189 g/mol. The molecule has 0 aromatic carbocycles. The lowest BCUT2D eigenvalue weighted by atomic mass is 9.96. The summed E-state index contributed by atoms with van der Waals surface area (Å²) in [6.07, 6.45) is 9.06. The molecule has 2 fully saturated rings. The van der Waals surface area contributed by atoms with E-state index in [1.807, 2.05) is 6.07 Å². The van der Waals surface area contributed by atoms with Gasteiger partial charge in [-0.25, -0.2) is 9.97 Å². The maximum atomic E-state index is 4.19. The minimum Gasteiger partial charge on any atom is -0.351 e. The smallest absolute Gasteiger partial charge is 0.222 e. The van der Waals surface area contributed by atoms with Crippen LogP contribution in [0.5, 0.6) is 0 Å². The number of anilines is 1. The predicted octanol–water partition coefficient (Wildman–Crippen LogP) is 2.08. The zero-order chi connectivity index (χ0) is 9.38. The van der Waals surface area contributed by atoms with E-state index in [0.717, 1.165) is 17.8 Å². The molecule has 0 aliphatic heterocycles. The molecule has 3 rings (SSSR count). The minimum atomic E-state index is 0.612. The first-order chi connectivity index (χ1) is 6.92. The molecule has 0 saturated heterocycles. The predicted molar refractivity (Wildman–Crippen MR) is 54.9 cm³/mol. The number of nitrogens with zero attached hydrogens (tertiary/aromatic N) is 2. The molecule has 3 heteroatoms. The molecule has 3 nitrogen and oxygen atoms in total. The van der Waals surface area contributed by atoms with Gasteiger partial charge in [-0.3, -0.25) is 0 Å². The van der Waals surface area contributed by atoms with Gasteiger partial charge in [-0.15, -0.1) is 0 Å². The molecule has 2 aliphatic carbocycles. The average Bonchev–Trinajstić information content (AvgIpc) is 2.97. The van der Waals surface area contributed by atoms with Crippen LogP contribution in [0.4, 0.5) is 5.95 Å². The van der Waals surface area contributed by atoms with E-state index in [9.17, 15) is 0 Å². The second-order valence-electron chi connectivity index (χ2n) is 4.48. The van der Waals surface area contributed by atoms with Gasteiger partial charge in [0, 0.05) is 18.4 Å². The molecule has 0 radical (unpaired) electrons. The van der Waals surface area contributed by atoms with E-state index in [2.05, 4.69) is 15.3 Å². The van der Waals surface area contributed by atoms with Crippen LogP contribution >= 0.6 is 0 Å². The van der Waals surface area contributed by atoms with Gasteiger partial charge in [0.05, 0.1) is 0 Å². The lowest BCUT2D eigenvalue weighted by molar-refractivity contribution is 0.440. The molecule has 1 aromatic rings. The topological polar surface area (TPSA) is 37.8 Å². The van der Waals surface area contributed by atoms with E-state index in [1.54, 1.807) is 12.4 Å². The van der Waals surface area contributed by atoms with Crippen LogP contribution in [0.15, 0.2) is 18.5 Å². The zero-order valence-corrected chi connectivity index (χ0v) is 8.19. The van der Waals surface area contributed by atoms with Crippen LogP contribution in [-0.4, -0.2) is 16.0 Å². The van der Waals surface area contributed by atoms with E-state index in [4.69, 9.17) is 0 Å². The first kappa shape index (κ1) is 8.21. The standard InChI is InChI=1S/C11H15N3/c1-4-12-11(13-5-1)14-10-3-2-8-6-9(8)7-10/h1,4-5,8-10H,2-3,6-7H2,(H,12,13,14). The molecule has 2 aliphatic rings. The second-order valence-corrected chi connectivity index (χ2v) is 4.48. The Hall–Kier alpha value is -1.12. The van der Waals surface area contributed by atoms with Crippen LogP contribution in [-0.2, 0) is 0 Å². The molecule has 1 N–H and O–H groups in total. The maximum absolute atomic E-state index is 4.19. The Balaban J connectivity index is 1.61. The summed E-state index contributed by atoms with van der Waals surface area (Å²) in [5, 5.41) is 3.42. The third kappa shape index (κ3) is 1.59. The number of fused-ring (bicyclic) bond motifs is 1. The summed E-state index contributed by atoms with van der Waals surface area (Å²) in [4.78, 5) is 8.38. The van der Waals surface area contributed by atoms with Crippen molar-refractivity contribution in [3.8, 4) is 0 Å². The molecule has 2 saturated carbocycles. The largest absolute Gasteiger partial charge is 0.351 e. The summed E-state index contributed by atoms with van der Waals surface area (Å²) in [6, 6.07) is 2.46. The minimum absolute atomic E-state index is 0.612. The van der Waals surface area contributed by atoms with E-state index in [0.29, 0.717) is 6.04 Å². The molecule has 74 valence electrons. The molecule has 14 heavy (non-hydrogen) atoms. The third-order valence-corrected chi connectivity index (χ3v) is 3.44.